The standard InChI is InChI=1S/C33H47NO5SSi/c1-9-41(10-2,11-3)31-20-28(27(23(4)5)17-14-25(7)18-19-35)29-21-34(22-30(29)32(31)33(36)39-8)40(37,38)26-15-12-24(6)13-16-26/h12-13,15-16,18,20,27,35H,4,9-11,14,17,19,21-22H2,1-3,5-8H3/b25-18-/i5D. The lowest BCUT2D eigenvalue weighted by molar-refractivity contribution is 0.0600. The van der Waals surface area contributed by atoms with Gasteiger partial charge in [-0.25, -0.2) is 13.2 Å². The molecule has 6 nitrogen and oxygen atoms in total. The number of hydrogen-bond donors (Lipinski definition) is 1. The van der Waals surface area contributed by atoms with Gasteiger partial charge >= 0.3 is 5.97 Å². The third-order valence-corrected chi connectivity index (χ3v) is 16.4. The number of methoxy groups -OCH3 is 1. The number of aliphatic hydroxyl groups excluding tert-OH is 1. The first kappa shape index (κ1) is 31.4. The maximum absolute atomic E-state index is 13.9. The van der Waals surface area contributed by atoms with Gasteiger partial charge in [-0.1, -0.05) is 86.5 Å². The van der Waals surface area contributed by atoms with Crippen LogP contribution in [0.1, 0.15) is 87.3 Å². The second kappa shape index (κ2) is 13.6. The summed E-state index contributed by atoms with van der Waals surface area (Å²) in [5.41, 5.74) is 5.82. The lowest BCUT2D eigenvalue weighted by atomic mass is 9.83. The number of rotatable bonds is 13. The van der Waals surface area contributed by atoms with E-state index in [1.165, 1.54) is 11.4 Å². The van der Waals surface area contributed by atoms with Crippen LogP contribution < -0.4 is 5.19 Å². The predicted molar refractivity (Wildman–Crippen MR) is 170 cm³/mol. The van der Waals surface area contributed by atoms with Gasteiger partial charge in [0.2, 0.25) is 10.0 Å². The molecule has 8 heteroatoms. The first-order valence-electron chi connectivity index (χ1n) is 15.2. The minimum atomic E-state index is -3.84. The molecule has 0 amide bonds. The normalized spacial score (nSPS) is 15.4. The molecule has 0 bridgehead atoms. The molecule has 1 aliphatic rings. The minimum absolute atomic E-state index is 0.0350. The maximum Gasteiger partial charge on any atom is 0.338 e. The molecule has 0 spiro atoms. The van der Waals surface area contributed by atoms with Crippen molar-refractivity contribution in [2.75, 3.05) is 13.7 Å². The van der Waals surface area contributed by atoms with Crippen LogP contribution in [0.5, 0.6) is 0 Å². The van der Waals surface area contributed by atoms with Crippen LogP contribution in [0.3, 0.4) is 0 Å². The number of ether oxygens (including phenoxy) is 1. The Kier molecular flexibility index (Phi) is 10.4. The summed E-state index contributed by atoms with van der Waals surface area (Å²) in [7, 11) is -4.62. The van der Waals surface area contributed by atoms with Gasteiger partial charge in [0, 0.05) is 20.4 Å². The molecule has 0 saturated carbocycles. The van der Waals surface area contributed by atoms with Crippen LogP contribution in [0.25, 0.3) is 0 Å². The fourth-order valence-electron chi connectivity index (χ4n) is 6.20. The maximum atomic E-state index is 13.9. The van der Waals surface area contributed by atoms with Crippen molar-refractivity contribution >= 4 is 29.3 Å². The van der Waals surface area contributed by atoms with E-state index in [0.29, 0.717) is 18.4 Å². The smallest absolute Gasteiger partial charge is 0.338 e. The summed E-state index contributed by atoms with van der Waals surface area (Å²) in [5, 5.41) is 10.4. The van der Waals surface area contributed by atoms with Crippen molar-refractivity contribution in [2.24, 2.45) is 0 Å². The van der Waals surface area contributed by atoms with Gasteiger partial charge in [0.05, 0.1) is 32.2 Å². The highest BCUT2D eigenvalue weighted by molar-refractivity contribution is 7.89. The lowest BCUT2D eigenvalue weighted by Gasteiger charge is -2.33. The zero-order valence-corrected chi connectivity index (χ0v) is 27.4. The second-order valence-electron chi connectivity index (χ2n) is 11.2. The fourth-order valence-corrected chi connectivity index (χ4v) is 11.5. The van der Waals surface area contributed by atoms with Gasteiger partial charge in [0.25, 0.3) is 0 Å². The Hall–Kier alpha value is -2.52. The molecule has 1 unspecified atom stereocenters. The van der Waals surface area contributed by atoms with E-state index >= 15 is 0 Å². The monoisotopic (exact) mass is 598 g/mol. The van der Waals surface area contributed by atoms with Crippen LogP contribution in [0.15, 0.2) is 59.0 Å². The summed E-state index contributed by atoms with van der Waals surface area (Å²) in [6.45, 7) is 15.0. The summed E-state index contributed by atoms with van der Waals surface area (Å²) in [4.78, 5) is 13.8. The van der Waals surface area contributed by atoms with E-state index in [1.54, 1.807) is 30.3 Å². The number of aryl methyl sites for hydroxylation is 1. The van der Waals surface area contributed by atoms with Crippen LogP contribution in [0.4, 0.5) is 0 Å². The highest BCUT2D eigenvalue weighted by Crippen LogP contribution is 2.41. The number of hydrogen-bond acceptors (Lipinski definition) is 5. The van der Waals surface area contributed by atoms with Gasteiger partial charge < -0.3 is 9.84 Å². The lowest BCUT2D eigenvalue weighted by Crippen LogP contribution is -2.49. The second-order valence-corrected chi connectivity index (χ2v) is 18.4. The predicted octanol–water partition coefficient (Wildman–Crippen LogP) is 6.58. The highest BCUT2D eigenvalue weighted by atomic mass is 32.2. The van der Waals surface area contributed by atoms with Crippen LogP contribution >= 0.6 is 0 Å². The largest absolute Gasteiger partial charge is 0.465 e. The molecule has 41 heavy (non-hydrogen) atoms. The molecule has 2 aromatic rings. The van der Waals surface area contributed by atoms with Crippen molar-refractivity contribution in [2.45, 2.75) is 96.4 Å². The SMILES string of the molecule is [2H]CC(=C)C(CC/C(C)=C\CO)c1cc([Si](CC)(CC)CC)c(C(=O)OC)c2c1CN(S(=O)(=O)c1ccc(C)cc1)C2. The third kappa shape index (κ3) is 6.61. The third-order valence-electron chi connectivity index (χ3n) is 9.04. The van der Waals surface area contributed by atoms with Crippen molar-refractivity contribution in [3.05, 3.63) is 82.0 Å². The first-order chi connectivity index (χ1) is 19.9. The Bertz CT molecular complexity index is 1420. The Morgan fingerprint density at radius 3 is 2.32 bits per heavy atom. The number of sulfonamides is 1. The summed E-state index contributed by atoms with van der Waals surface area (Å²) >= 11 is 0. The number of esters is 1. The molecule has 0 radical (unpaired) electrons. The molecule has 2 aromatic carbocycles. The number of nitrogens with zero attached hydrogens (tertiary/aromatic N) is 1. The first-order valence-corrected chi connectivity index (χ1v) is 18.6. The van der Waals surface area contributed by atoms with Gasteiger partial charge in [0.15, 0.2) is 0 Å². The Morgan fingerprint density at radius 1 is 1.17 bits per heavy atom. The van der Waals surface area contributed by atoms with Crippen molar-refractivity contribution in [3.8, 4) is 0 Å². The van der Waals surface area contributed by atoms with Gasteiger partial charge in [0.1, 0.15) is 0 Å². The average molecular weight is 599 g/mol. The van der Waals surface area contributed by atoms with Crippen molar-refractivity contribution < 1.29 is 24.4 Å². The Labute approximate surface area is 249 Å². The van der Waals surface area contributed by atoms with Crippen LogP contribution in [0.2, 0.25) is 18.1 Å². The number of benzene rings is 2. The molecule has 0 aromatic heterocycles. The van der Waals surface area contributed by atoms with Gasteiger partial charge in [-0.3, -0.25) is 0 Å². The summed E-state index contributed by atoms with van der Waals surface area (Å²) in [5.74, 6) is -0.616. The van der Waals surface area contributed by atoms with E-state index in [-0.39, 0.29) is 37.4 Å². The molecule has 1 N–H and O–H groups in total. The summed E-state index contributed by atoms with van der Waals surface area (Å²) < 4.78 is 42.9. The van der Waals surface area contributed by atoms with E-state index in [2.05, 4.69) is 33.4 Å². The summed E-state index contributed by atoms with van der Waals surface area (Å²) in [6, 6.07) is 11.8. The number of fused-ring (bicyclic) bond motifs is 1. The minimum Gasteiger partial charge on any atom is -0.465 e. The van der Waals surface area contributed by atoms with Crippen LogP contribution in [-0.2, 0) is 27.8 Å². The van der Waals surface area contributed by atoms with Crippen molar-refractivity contribution in [1.29, 1.82) is 0 Å². The molecule has 0 fully saturated rings. The zero-order valence-electron chi connectivity index (χ0n) is 26.5. The van der Waals surface area contributed by atoms with E-state index in [0.717, 1.165) is 56.7 Å². The molecule has 0 aliphatic carbocycles. The van der Waals surface area contributed by atoms with Gasteiger partial charge in [-0.15, -0.1) is 0 Å². The highest BCUT2D eigenvalue weighted by Gasteiger charge is 2.41. The number of carbonyl (C=O) groups is 1. The van der Waals surface area contributed by atoms with Crippen molar-refractivity contribution in [3.63, 3.8) is 0 Å². The number of carbonyl (C=O) groups excluding carboxylic acids is 1. The van der Waals surface area contributed by atoms with E-state index in [4.69, 9.17) is 6.11 Å². The number of aliphatic hydroxyl groups is 1. The Balaban J connectivity index is 2.34. The topological polar surface area (TPSA) is 83.9 Å². The molecule has 1 aliphatic heterocycles. The average Bonchev–Trinajstić information content (AvgIpc) is 3.44. The molecular weight excluding hydrogens is 551 g/mol. The zero-order chi connectivity index (χ0) is 31.2. The molecule has 1 heterocycles. The summed E-state index contributed by atoms with van der Waals surface area (Å²) in [6.07, 6.45) is 3.17. The van der Waals surface area contributed by atoms with E-state index < -0.39 is 24.1 Å². The van der Waals surface area contributed by atoms with E-state index in [9.17, 15) is 18.3 Å². The molecule has 0 saturated heterocycles. The van der Waals surface area contributed by atoms with Crippen LogP contribution in [-0.4, -0.2) is 45.6 Å². The molecule has 224 valence electrons. The van der Waals surface area contributed by atoms with Crippen molar-refractivity contribution in [1.82, 2.24) is 4.31 Å². The Morgan fingerprint density at radius 2 is 1.78 bits per heavy atom. The molecule has 3 rings (SSSR count). The fraction of sp³-hybridized carbons (Fsp3) is 0.485. The van der Waals surface area contributed by atoms with Gasteiger partial charge in [-0.2, -0.15) is 4.31 Å². The van der Waals surface area contributed by atoms with Gasteiger partial charge in [-0.05, 0) is 67.6 Å². The quantitative estimate of drug-likeness (QED) is 0.160. The van der Waals surface area contributed by atoms with E-state index in [1.807, 2.05) is 13.8 Å². The molecular formula is C33H47NO5SSi. The van der Waals surface area contributed by atoms with Crippen LogP contribution in [0, 0.1) is 6.92 Å². The number of allylic oxidation sites excluding steroid dienone is 2. The molecule has 1 atom stereocenters.